The molecule has 1 heterocycles. The zero-order valence-electron chi connectivity index (χ0n) is 9.41. The number of fused-ring (bicyclic) bond motifs is 1. The molecule has 1 aromatic carbocycles. The number of pyridine rings is 1. The fraction of sp³-hybridized carbons (Fsp3) is 0.308. The van der Waals surface area contributed by atoms with Crippen LogP contribution in [0.1, 0.15) is 19.5 Å². The molecule has 0 aliphatic carbocycles. The van der Waals surface area contributed by atoms with Crippen molar-refractivity contribution in [3.63, 3.8) is 0 Å². The summed E-state index contributed by atoms with van der Waals surface area (Å²) in [5.74, 6) is 0. The second-order valence-electron chi connectivity index (χ2n) is 4.12. The molecule has 0 amide bonds. The molecule has 0 spiro atoms. The summed E-state index contributed by atoms with van der Waals surface area (Å²) in [5, 5.41) is 4.62. The van der Waals surface area contributed by atoms with Gasteiger partial charge in [-0.15, -0.1) is 0 Å². The Morgan fingerprint density at radius 2 is 1.93 bits per heavy atom. The van der Waals surface area contributed by atoms with Crippen molar-refractivity contribution in [1.29, 1.82) is 0 Å². The topological polar surface area (TPSA) is 24.9 Å². The number of hydrogen-bond acceptors (Lipinski definition) is 2. The molecule has 0 radical (unpaired) electrons. The summed E-state index contributed by atoms with van der Waals surface area (Å²) < 4.78 is 0. The average molecular weight is 200 g/mol. The minimum absolute atomic E-state index is 0.442. The van der Waals surface area contributed by atoms with Crippen molar-refractivity contribution >= 4 is 16.6 Å². The van der Waals surface area contributed by atoms with Crippen molar-refractivity contribution in [3.05, 3.63) is 36.0 Å². The highest BCUT2D eigenvalue weighted by Crippen LogP contribution is 2.22. The zero-order valence-corrected chi connectivity index (χ0v) is 9.41. The second-order valence-corrected chi connectivity index (χ2v) is 4.12. The number of hydrogen-bond donors (Lipinski definition) is 1. The maximum absolute atomic E-state index is 4.50. The minimum Gasteiger partial charge on any atom is -0.382 e. The van der Waals surface area contributed by atoms with Crippen LogP contribution in [0.25, 0.3) is 10.9 Å². The van der Waals surface area contributed by atoms with Crippen molar-refractivity contribution in [2.75, 3.05) is 5.32 Å². The third-order valence-electron chi connectivity index (χ3n) is 2.32. The number of nitrogens with zero attached hydrogens (tertiary/aromatic N) is 1. The lowest BCUT2D eigenvalue weighted by Gasteiger charge is -2.12. The lowest BCUT2D eigenvalue weighted by molar-refractivity contribution is 0.902. The molecule has 2 rings (SSSR count). The number of aryl methyl sites for hydroxylation is 1. The molecule has 0 saturated heterocycles. The van der Waals surface area contributed by atoms with Crippen LogP contribution in [0.4, 0.5) is 5.69 Å². The summed E-state index contributed by atoms with van der Waals surface area (Å²) in [6.07, 6.45) is 0. The summed E-state index contributed by atoms with van der Waals surface area (Å²) in [7, 11) is 0. The van der Waals surface area contributed by atoms with E-state index in [9.17, 15) is 0 Å². The summed E-state index contributed by atoms with van der Waals surface area (Å²) in [5.41, 5.74) is 3.28. The highest BCUT2D eigenvalue weighted by molar-refractivity contribution is 5.91. The van der Waals surface area contributed by atoms with E-state index >= 15 is 0 Å². The Morgan fingerprint density at radius 1 is 1.13 bits per heavy atom. The van der Waals surface area contributed by atoms with Gasteiger partial charge in [0.15, 0.2) is 0 Å². The van der Waals surface area contributed by atoms with Gasteiger partial charge in [0.1, 0.15) is 0 Å². The molecule has 1 aromatic heterocycles. The quantitative estimate of drug-likeness (QED) is 0.804. The van der Waals surface area contributed by atoms with E-state index in [0.717, 1.165) is 16.9 Å². The molecule has 0 fully saturated rings. The number of anilines is 1. The maximum atomic E-state index is 4.50. The predicted molar refractivity (Wildman–Crippen MR) is 65.2 cm³/mol. The van der Waals surface area contributed by atoms with Gasteiger partial charge in [0, 0.05) is 22.8 Å². The van der Waals surface area contributed by atoms with Crippen LogP contribution in [-0.2, 0) is 0 Å². The van der Waals surface area contributed by atoms with Crippen LogP contribution >= 0.6 is 0 Å². The van der Waals surface area contributed by atoms with Gasteiger partial charge in [0.25, 0.3) is 0 Å². The largest absolute Gasteiger partial charge is 0.382 e. The third-order valence-corrected chi connectivity index (χ3v) is 2.32. The Labute approximate surface area is 90.3 Å². The van der Waals surface area contributed by atoms with Crippen molar-refractivity contribution in [1.82, 2.24) is 4.98 Å². The molecule has 2 heteroatoms. The molecule has 0 bridgehead atoms. The van der Waals surface area contributed by atoms with Crippen LogP contribution in [0.3, 0.4) is 0 Å². The zero-order chi connectivity index (χ0) is 10.8. The van der Waals surface area contributed by atoms with Gasteiger partial charge < -0.3 is 5.32 Å². The van der Waals surface area contributed by atoms with E-state index < -0.39 is 0 Å². The molecule has 2 aromatic rings. The maximum Gasteiger partial charge on any atom is 0.0725 e. The lowest BCUT2D eigenvalue weighted by atomic mass is 10.1. The standard InChI is InChI=1S/C13H16N2/c1-9(2)14-12-5-4-6-13-11(12)8-7-10(3)15-13/h4-9,14H,1-3H3. The van der Waals surface area contributed by atoms with Crippen molar-refractivity contribution in [3.8, 4) is 0 Å². The van der Waals surface area contributed by atoms with E-state index in [1.54, 1.807) is 0 Å². The Bertz CT molecular complexity index is 475. The molecule has 78 valence electrons. The molecule has 2 nitrogen and oxygen atoms in total. The molecule has 0 saturated carbocycles. The van der Waals surface area contributed by atoms with Crippen molar-refractivity contribution < 1.29 is 0 Å². The summed E-state index contributed by atoms with van der Waals surface area (Å²) >= 11 is 0. The number of nitrogens with one attached hydrogen (secondary N) is 1. The van der Waals surface area contributed by atoms with E-state index in [1.165, 1.54) is 5.39 Å². The molecular formula is C13H16N2. The Balaban J connectivity index is 2.56. The Hall–Kier alpha value is -1.57. The fourth-order valence-electron chi connectivity index (χ4n) is 1.69. The highest BCUT2D eigenvalue weighted by Gasteiger charge is 2.02. The van der Waals surface area contributed by atoms with Crippen molar-refractivity contribution in [2.24, 2.45) is 0 Å². The van der Waals surface area contributed by atoms with Gasteiger partial charge >= 0.3 is 0 Å². The number of rotatable bonds is 2. The van der Waals surface area contributed by atoms with E-state index in [2.05, 4.69) is 36.3 Å². The van der Waals surface area contributed by atoms with Gasteiger partial charge in [-0.05, 0) is 45.0 Å². The van der Waals surface area contributed by atoms with Crippen LogP contribution in [-0.4, -0.2) is 11.0 Å². The molecule has 1 N–H and O–H groups in total. The molecule has 0 atom stereocenters. The molecular weight excluding hydrogens is 184 g/mol. The summed E-state index contributed by atoms with van der Waals surface area (Å²) in [4.78, 5) is 4.50. The van der Waals surface area contributed by atoms with Crippen LogP contribution in [0.2, 0.25) is 0 Å². The van der Waals surface area contributed by atoms with E-state index in [-0.39, 0.29) is 0 Å². The Kier molecular flexibility index (Phi) is 2.58. The van der Waals surface area contributed by atoms with Crippen LogP contribution in [0, 0.1) is 6.92 Å². The van der Waals surface area contributed by atoms with Gasteiger partial charge in [-0.3, -0.25) is 4.98 Å². The van der Waals surface area contributed by atoms with Crippen molar-refractivity contribution in [2.45, 2.75) is 26.8 Å². The molecule has 0 aliphatic rings. The Morgan fingerprint density at radius 3 is 2.67 bits per heavy atom. The smallest absolute Gasteiger partial charge is 0.0725 e. The monoisotopic (exact) mass is 200 g/mol. The van der Waals surface area contributed by atoms with Gasteiger partial charge in [0.05, 0.1) is 5.52 Å². The summed E-state index contributed by atoms with van der Waals surface area (Å²) in [6, 6.07) is 10.8. The first-order valence-corrected chi connectivity index (χ1v) is 5.30. The minimum atomic E-state index is 0.442. The number of benzene rings is 1. The van der Waals surface area contributed by atoms with E-state index in [1.807, 2.05) is 25.1 Å². The molecule has 15 heavy (non-hydrogen) atoms. The second kappa shape index (κ2) is 3.89. The van der Waals surface area contributed by atoms with Gasteiger partial charge in [-0.1, -0.05) is 6.07 Å². The van der Waals surface area contributed by atoms with Crippen LogP contribution < -0.4 is 5.32 Å². The first kappa shape index (κ1) is 9.97. The predicted octanol–water partition coefficient (Wildman–Crippen LogP) is 3.36. The lowest BCUT2D eigenvalue weighted by Crippen LogP contribution is -2.09. The highest BCUT2D eigenvalue weighted by atomic mass is 14.9. The first-order valence-electron chi connectivity index (χ1n) is 5.30. The van der Waals surface area contributed by atoms with E-state index in [4.69, 9.17) is 0 Å². The van der Waals surface area contributed by atoms with Crippen LogP contribution in [0.5, 0.6) is 0 Å². The van der Waals surface area contributed by atoms with Gasteiger partial charge in [-0.2, -0.15) is 0 Å². The first-order chi connectivity index (χ1) is 7.16. The molecule has 0 aliphatic heterocycles. The summed E-state index contributed by atoms with van der Waals surface area (Å²) in [6.45, 7) is 6.29. The normalized spacial score (nSPS) is 10.9. The van der Waals surface area contributed by atoms with Gasteiger partial charge in [-0.25, -0.2) is 0 Å². The molecule has 0 unspecified atom stereocenters. The third kappa shape index (κ3) is 2.09. The SMILES string of the molecule is Cc1ccc2c(NC(C)C)cccc2n1. The van der Waals surface area contributed by atoms with Gasteiger partial charge in [0.2, 0.25) is 0 Å². The van der Waals surface area contributed by atoms with E-state index in [0.29, 0.717) is 6.04 Å². The average Bonchev–Trinajstić information content (AvgIpc) is 2.16. The number of aromatic nitrogens is 1. The fourth-order valence-corrected chi connectivity index (χ4v) is 1.69. The van der Waals surface area contributed by atoms with Crippen LogP contribution in [0.15, 0.2) is 30.3 Å².